The van der Waals surface area contributed by atoms with Gasteiger partial charge in [0, 0.05) is 11.9 Å². The van der Waals surface area contributed by atoms with E-state index in [9.17, 15) is 4.79 Å². The van der Waals surface area contributed by atoms with Crippen LogP contribution in [-0.4, -0.2) is 15.9 Å². The summed E-state index contributed by atoms with van der Waals surface area (Å²) < 4.78 is 5.27. The number of aromatic nitrogens is 2. The lowest BCUT2D eigenvalue weighted by Gasteiger charge is -2.14. The molecule has 0 atom stereocenters. The fourth-order valence-corrected chi connectivity index (χ4v) is 2.73. The predicted octanol–water partition coefficient (Wildman–Crippen LogP) is 4.06. The number of nitrogens with zero attached hydrogens (tertiary/aromatic N) is 2. The van der Waals surface area contributed by atoms with Crippen molar-refractivity contribution in [2.75, 3.05) is 10.6 Å². The average molecular weight is 350 g/mol. The third-order valence-corrected chi connectivity index (χ3v) is 4.13. The van der Waals surface area contributed by atoms with E-state index in [-0.39, 0.29) is 5.91 Å². The number of rotatable bonds is 7. The molecule has 2 N–H and O–H groups in total. The van der Waals surface area contributed by atoms with E-state index in [0.717, 1.165) is 35.4 Å². The van der Waals surface area contributed by atoms with Crippen LogP contribution in [0.25, 0.3) is 0 Å². The number of hydrogen-bond acceptors (Lipinski definition) is 5. The van der Waals surface area contributed by atoms with Gasteiger partial charge in [0.25, 0.3) is 5.91 Å². The summed E-state index contributed by atoms with van der Waals surface area (Å²) in [6.45, 7) is 4.61. The van der Waals surface area contributed by atoms with Crippen molar-refractivity contribution in [3.63, 3.8) is 0 Å². The van der Waals surface area contributed by atoms with Gasteiger partial charge in [0.05, 0.1) is 12.8 Å². The summed E-state index contributed by atoms with van der Waals surface area (Å²) in [5.41, 5.74) is 3.42. The van der Waals surface area contributed by atoms with Crippen LogP contribution in [0.2, 0.25) is 0 Å². The highest BCUT2D eigenvalue weighted by Gasteiger charge is 2.13. The van der Waals surface area contributed by atoms with Crippen molar-refractivity contribution < 1.29 is 9.21 Å². The van der Waals surface area contributed by atoms with Crippen LogP contribution in [-0.2, 0) is 19.4 Å². The predicted molar refractivity (Wildman–Crippen MR) is 101 cm³/mol. The van der Waals surface area contributed by atoms with Gasteiger partial charge in [-0.1, -0.05) is 32.0 Å². The standard InChI is InChI=1S/C20H22N4O2/c1-3-14-7-5-8-15(4-2)18(14)24-19(25)17-10-11-21-20(23-17)22-13-16-9-6-12-26-16/h5-12H,3-4,13H2,1-2H3,(H,24,25)(H,21,22,23). The Kier molecular flexibility index (Phi) is 5.63. The minimum atomic E-state index is -0.246. The summed E-state index contributed by atoms with van der Waals surface area (Å²) in [4.78, 5) is 21.1. The Morgan fingerprint density at radius 3 is 2.50 bits per heavy atom. The summed E-state index contributed by atoms with van der Waals surface area (Å²) in [7, 11) is 0. The zero-order valence-electron chi connectivity index (χ0n) is 15.0. The summed E-state index contributed by atoms with van der Waals surface area (Å²) in [5.74, 6) is 0.908. The Balaban J connectivity index is 1.75. The van der Waals surface area contributed by atoms with E-state index in [4.69, 9.17) is 4.42 Å². The van der Waals surface area contributed by atoms with Gasteiger partial charge < -0.3 is 15.1 Å². The third-order valence-electron chi connectivity index (χ3n) is 4.13. The molecule has 6 nitrogen and oxygen atoms in total. The highest BCUT2D eigenvalue weighted by atomic mass is 16.3. The molecule has 0 aliphatic carbocycles. The SMILES string of the molecule is CCc1cccc(CC)c1NC(=O)c1ccnc(NCc2ccco2)n1. The van der Waals surface area contributed by atoms with Crippen molar-refractivity contribution in [3.05, 3.63) is 71.4 Å². The molecule has 26 heavy (non-hydrogen) atoms. The maximum atomic E-state index is 12.7. The third kappa shape index (κ3) is 4.08. The van der Waals surface area contributed by atoms with Crippen molar-refractivity contribution in [2.24, 2.45) is 0 Å². The first-order chi connectivity index (χ1) is 12.7. The van der Waals surface area contributed by atoms with E-state index in [1.807, 2.05) is 30.3 Å². The summed E-state index contributed by atoms with van der Waals surface area (Å²) in [5, 5.41) is 6.07. The molecular formula is C20H22N4O2. The second-order valence-corrected chi connectivity index (χ2v) is 5.81. The first-order valence-corrected chi connectivity index (χ1v) is 8.72. The number of furan rings is 1. The normalized spacial score (nSPS) is 10.5. The molecule has 6 heteroatoms. The highest BCUT2D eigenvalue weighted by molar-refractivity contribution is 6.03. The Hall–Kier alpha value is -3.15. The number of carbonyl (C=O) groups excluding carboxylic acids is 1. The van der Waals surface area contributed by atoms with Gasteiger partial charge in [-0.3, -0.25) is 4.79 Å². The molecule has 0 aliphatic rings. The van der Waals surface area contributed by atoms with E-state index >= 15 is 0 Å². The molecule has 0 fully saturated rings. The van der Waals surface area contributed by atoms with Gasteiger partial charge in [-0.25, -0.2) is 9.97 Å². The maximum absolute atomic E-state index is 12.7. The van der Waals surface area contributed by atoms with Gasteiger partial charge in [0.15, 0.2) is 0 Å². The maximum Gasteiger partial charge on any atom is 0.274 e. The molecule has 0 aliphatic heterocycles. The summed E-state index contributed by atoms with van der Waals surface area (Å²) in [6.07, 6.45) is 4.88. The lowest BCUT2D eigenvalue weighted by molar-refractivity contribution is 0.102. The smallest absolute Gasteiger partial charge is 0.274 e. The van der Waals surface area contributed by atoms with Gasteiger partial charge in [0.1, 0.15) is 11.5 Å². The quantitative estimate of drug-likeness (QED) is 0.672. The van der Waals surface area contributed by atoms with Gasteiger partial charge in [-0.2, -0.15) is 0 Å². The first-order valence-electron chi connectivity index (χ1n) is 8.72. The molecule has 0 bridgehead atoms. The molecule has 0 radical (unpaired) electrons. The number of nitrogens with one attached hydrogen (secondary N) is 2. The topological polar surface area (TPSA) is 80.0 Å². The number of aryl methyl sites for hydroxylation is 2. The number of anilines is 2. The lowest BCUT2D eigenvalue weighted by atomic mass is 10.0. The fraction of sp³-hybridized carbons (Fsp3) is 0.250. The Morgan fingerprint density at radius 1 is 1.08 bits per heavy atom. The number of hydrogen-bond donors (Lipinski definition) is 2. The van der Waals surface area contributed by atoms with Crippen molar-refractivity contribution >= 4 is 17.5 Å². The Labute approximate surface area is 152 Å². The van der Waals surface area contributed by atoms with Crippen molar-refractivity contribution in [2.45, 2.75) is 33.2 Å². The second kappa shape index (κ2) is 8.29. The zero-order valence-corrected chi connectivity index (χ0v) is 15.0. The van der Waals surface area contributed by atoms with E-state index < -0.39 is 0 Å². The molecule has 3 rings (SSSR count). The van der Waals surface area contributed by atoms with Crippen LogP contribution in [0.4, 0.5) is 11.6 Å². The minimum Gasteiger partial charge on any atom is -0.467 e. The molecule has 0 saturated carbocycles. The molecule has 0 spiro atoms. The Morgan fingerprint density at radius 2 is 1.85 bits per heavy atom. The average Bonchev–Trinajstić information content (AvgIpc) is 3.20. The first kappa shape index (κ1) is 17.7. The van der Waals surface area contributed by atoms with Crippen molar-refractivity contribution in [1.82, 2.24) is 9.97 Å². The molecule has 0 saturated heterocycles. The fourth-order valence-electron chi connectivity index (χ4n) is 2.73. The molecular weight excluding hydrogens is 328 g/mol. The van der Waals surface area contributed by atoms with Gasteiger partial charge in [-0.15, -0.1) is 0 Å². The molecule has 134 valence electrons. The largest absolute Gasteiger partial charge is 0.467 e. The van der Waals surface area contributed by atoms with Crippen LogP contribution in [0.15, 0.2) is 53.3 Å². The van der Waals surface area contributed by atoms with Crippen molar-refractivity contribution in [3.8, 4) is 0 Å². The zero-order chi connectivity index (χ0) is 18.4. The van der Waals surface area contributed by atoms with Gasteiger partial charge >= 0.3 is 0 Å². The highest BCUT2D eigenvalue weighted by Crippen LogP contribution is 2.23. The molecule has 3 aromatic rings. The number of para-hydroxylation sites is 1. The van der Waals surface area contributed by atoms with Crippen LogP contribution in [0, 0.1) is 0 Å². The van der Waals surface area contributed by atoms with Crippen molar-refractivity contribution in [1.29, 1.82) is 0 Å². The minimum absolute atomic E-state index is 0.246. The molecule has 1 amide bonds. The van der Waals surface area contributed by atoms with Crippen LogP contribution < -0.4 is 10.6 Å². The lowest BCUT2D eigenvalue weighted by Crippen LogP contribution is -2.17. The molecule has 2 heterocycles. The van der Waals surface area contributed by atoms with Crippen LogP contribution in [0.1, 0.15) is 41.2 Å². The van der Waals surface area contributed by atoms with Crippen LogP contribution >= 0.6 is 0 Å². The van der Waals surface area contributed by atoms with Gasteiger partial charge in [-0.05, 0) is 42.2 Å². The molecule has 1 aromatic carbocycles. The second-order valence-electron chi connectivity index (χ2n) is 5.81. The monoisotopic (exact) mass is 350 g/mol. The van der Waals surface area contributed by atoms with E-state index in [1.165, 1.54) is 0 Å². The summed E-state index contributed by atoms with van der Waals surface area (Å²) >= 11 is 0. The van der Waals surface area contributed by atoms with E-state index in [0.29, 0.717) is 18.2 Å². The summed E-state index contributed by atoms with van der Waals surface area (Å²) in [6, 6.07) is 11.4. The number of benzene rings is 1. The number of amides is 1. The van der Waals surface area contributed by atoms with Crippen LogP contribution in [0.5, 0.6) is 0 Å². The molecule has 0 unspecified atom stereocenters. The Bertz CT molecular complexity index is 853. The van der Waals surface area contributed by atoms with Gasteiger partial charge in [0.2, 0.25) is 5.95 Å². The van der Waals surface area contributed by atoms with Crippen LogP contribution in [0.3, 0.4) is 0 Å². The number of carbonyl (C=O) groups is 1. The molecule has 2 aromatic heterocycles. The van der Waals surface area contributed by atoms with E-state index in [2.05, 4.69) is 34.4 Å². The van der Waals surface area contributed by atoms with E-state index in [1.54, 1.807) is 18.5 Å².